The highest BCUT2D eigenvalue weighted by molar-refractivity contribution is 5.92. The molecule has 1 aliphatic rings. The number of nitrogens with zero attached hydrogens (tertiary/aromatic N) is 3. The number of aromatic nitrogens is 2. The number of hydrogen-bond acceptors (Lipinski definition) is 6. The summed E-state index contributed by atoms with van der Waals surface area (Å²) in [6.07, 6.45) is 1.63. The first kappa shape index (κ1) is 17.2. The molecule has 0 saturated carbocycles. The second-order valence-corrected chi connectivity index (χ2v) is 5.96. The van der Waals surface area contributed by atoms with Crippen LogP contribution in [0.4, 0.5) is 11.6 Å². The van der Waals surface area contributed by atoms with E-state index in [-0.39, 0.29) is 12.0 Å². The van der Waals surface area contributed by atoms with Crippen molar-refractivity contribution in [3.05, 3.63) is 42.2 Å². The quantitative estimate of drug-likeness (QED) is 0.899. The lowest BCUT2D eigenvalue weighted by atomic mass is 10.3. The zero-order valence-corrected chi connectivity index (χ0v) is 14.4. The number of para-hydroxylation sites is 2. The van der Waals surface area contributed by atoms with Crippen LogP contribution in [0.1, 0.15) is 24.3 Å². The lowest BCUT2D eigenvalue weighted by Gasteiger charge is -2.26. The second-order valence-electron chi connectivity index (χ2n) is 5.96. The van der Waals surface area contributed by atoms with E-state index in [1.54, 1.807) is 17.2 Å². The van der Waals surface area contributed by atoms with Crippen LogP contribution < -0.4 is 10.1 Å². The van der Waals surface area contributed by atoms with Crippen molar-refractivity contribution >= 4 is 17.5 Å². The first-order valence-corrected chi connectivity index (χ1v) is 8.36. The summed E-state index contributed by atoms with van der Waals surface area (Å²) in [4.78, 5) is 22.8. The molecule has 0 radical (unpaired) electrons. The highest BCUT2D eigenvalue weighted by Gasteiger charge is 2.20. The minimum Gasteiger partial charge on any atom is -0.489 e. The fourth-order valence-corrected chi connectivity index (χ4v) is 2.51. The van der Waals surface area contributed by atoms with Gasteiger partial charge in [0.2, 0.25) is 5.95 Å². The minimum atomic E-state index is -0.111. The summed E-state index contributed by atoms with van der Waals surface area (Å²) in [6.45, 7) is 6.21. The van der Waals surface area contributed by atoms with E-state index in [0.29, 0.717) is 43.7 Å². The van der Waals surface area contributed by atoms with Crippen LogP contribution in [0, 0.1) is 0 Å². The molecule has 1 fully saturated rings. The number of carbonyl (C=O) groups excluding carboxylic acids is 1. The van der Waals surface area contributed by atoms with Gasteiger partial charge in [-0.1, -0.05) is 12.1 Å². The predicted molar refractivity (Wildman–Crippen MR) is 94.2 cm³/mol. The topological polar surface area (TPSA) is 76.6 Å². The summed E-state index contributed by atoms with van der Waals surface area (Å²) in [5, 5.41) is 3.13. The Kier molecular flexibility index (Phi) is 5.45. The van der Waals surface area contributed by atoms with Gasteiger partial charge in [-0.05, 0) is 32.0 Å². The Labute approximate surface area is 147 Å². The fourth-order valence-electron chi connectivity index (χ4n) is 2.51. The van der Waals surface area contributed by atoms with Crippen molar-refractivity contribution in [1.82, 2.24) is 14.9 Å². The van der Waals surface area contributed by atoms with Gasteiger partial charge in [-0.3, -0.25) is 4.79 Å². The molecule has 1 saturated heterocycles. The van der Waals surface area contributed by atoms with Crippen LogP contribution in [0.2, 0.25) is 0 Å². The van der Waals surface area contributed by atoms with Crippen LogP contribution in [0.25, 0.3) is 0 Å². The van der Waals surface area contributed by atoms with Crippen molar-refractivity contribution in [2.45, 2.75) is 20.0 Å². The molecule has 1 aromatic carbocycles. The molecule has 2 aromatic rings. The smallest absolute Gasteiger partial charge is 0.272 e. The monoisotopic (exact) mass is 342 g/mol. The van der Waals surface area contributed by atoms with Gasteiger partial charge in [0.15, 0.2) is 0 Å². The van der Waals surface area contributed by atoms with Gasteiger partial charge in [-0.2, -0.15) is 0 Å². The van der Waals surface area contributed by atoms with Crippen molar-refractivity contribution in [3.63, 3.8) is 0 Å². The van der Waals surface area contributed by atoms with Crippen molar-refractivity contribution < 1.29 is 14.3 Å². The Morgan fingerprint density at radius 2 is 2.00 bits per heavy atom. The highest BCUT2D eigenvalue weighted by Crippen LogP contribution is 2.27. The Bertz CT molecular complexity index is 730. The first-order valence-electron chi connectivity index (χ1n) is 8.36. The van der Waals surface area contributed by atoms with E-state index >= 15 is 0 Å². The summed E-state index contributed by atoms with van der Waals surface area (Å²) in [6, 6.07) is 9.20. The van der Waals surface area contributed by atoms with Gasteiger partial charge in [-0.15, -0.1) is 0 Å². The molecule has 7 nitrogen and oxygen atoms in total. The molecule has 1 amide bonds. The third-order valence-corrected chi connectivity index (χ3v) is 3.67. The van der Waals surface area contributed by atoms with E-state index in [0.717, 1.165) is 5.69 Å². The summed E-state index contributed by atoms with van der Waals surface area (Å²) in [5.74, 6) is 0.963. The SMILES string of the molecule is CC(C)Oc1ccccc1Nc1nccc(C(=O)N2CCOCC2)n1. The summed E-state index contributed by atoms with van der Waals surface area (Å²) in [7, 11) is 0. The second kappa shape index (κ2) is 7.94. The number of anilines is 2. The average Bonchev–Trinajstić information content (AvgIpc) is 2.63. The van der Waals surface area contributed by atoms with E-state index in [4.69, 9.17) is 9.47 Å². The van der Waals surface area contributed by atoms with E-state index in [9.17, 15) is 4.79 Å². The molecule has 1 aromatic heterocycles. The standard InChI is InChI=1S/C18H22N4O3/c1-13(2)25-16-6-4-3-5-14(16)20-18-19-8-7-15(21-18)17(23)22-9-11-24-12-10-22/h3-8,13H,9-12H2,1-2H3,(H,19,20,21). The van der Waals surface area contributed by atoms with Crippen LogP contribution in [0.5, 0.6) is 5.75 Å². The lowest BCUT2D eigenvalue weighted by molar-refractivity contribution is 0.0299. The molecule has 0 bridgehead atoms. The largest absolute Gasteiger partial charge is 0.489 e. The van der Waals surface area contributed by atoms with Gasteiger partial charge in [0.1, 0.15) is 11.4 Å². The number of hydrogen-bond donors (Lipinski definition) is 1. The van der Waals surface area contributed by atoms with Crippen LogP contribution in [-0.2, 0) is 4.74 Å². The minimum absolute atomic E-state index is 0.0538. The number of amides is 1. The van der Waals surface area contributed by atoms with Gasteiger partial charge >= 0.3 is 0 Å². The van der Waals surface area contributed by atoms with E-state index in [1.807, 2.05) is 38.1 Å². The normalized spacial score (nSPS) is 14.4. The third kappa shape index (κ3) is 4.45. The molecule has 132 valence electrons. The number of benzene rings is 1. The molecule has 1 aliphatic heterocycles. The van der Waals surface area contributed by atoms with Crippen molar-refractivity contribution in [1.29, 1.82) is 0 Å². The molecular weight excluding hydrogens is 320 g/mol. The zero-order chi connectivity index (χ0) is 17.6. The van der Waals surface area contributed by atoms with Crippen molar-refractivity contribution in [3.8, 4) is 5.75 Å². The molecule has 1 N–H and O–H groups in total. The van der Waals surface area contributed by atoms with Crippen LogP contribution >= 0.6 is 0 Å². The van der Waals surface area contributed by atoms with Crippen LogP contribution in [0.15, 0.2) is 36.5 Å². The van der Waals surface area contributed by atoms with E-state index in [2.05, 4.69) is 15.3 Å². The highest BCUT2D eigenvalue weighted by atomic mass is 16.5. The fraction of sp³-hybridized carbons (Fsp3) is 0.389. The Balaban J connectivity index is 1.77. The van der Waals surface area contributed by atoms with Crippen molar-refractivity contribution in [2.75, 3.05) is 31.6 Å². The Morgan fingerprint density at radius 1 is 1.24 bits per heavy atom. The summed E-state index contributed by atoms with van der Waals surface area (Å²) >= 11 is 0. The molecule has 25 heavy (non-hydrogen) atoms. The van der Waals surface area contributed by atoms with Crippen LogP contribution in [-0.4, -0.2) is 53.2 Å². The first-order chi connectivity index (χ1) is 12.1. The predicted octanol–water partition coefficient (Wildman–Crippen LogP) is 2.48. The summed E-state index contributed by atoms with van der Waals surface area (Å²) in [5.41, 5.74) is 1.12. The Hall–Kier alpha value is -2.67. The maximum Gasteiger partial charge on any atom is 0.272 e. The molecule has 3 rings (SSSR count). The number of morpholine rings is 1. The number of ether oxygens (including phenoxy) is 2. The van der Waals surface area contributed by atoms with Crippen molar-refractivity contribution in [2.24, 2.45) is 0 Å². The molecule has 0 spiro atoms. The van der Waals surface area contributed by atoms with Gasteiger partial charge in [0.25, 0.3) is 5.91 Å². The van der Waals surface area contributed by atoms with E-state index < -0.39 is 0 Å². The molecular formula is C18H22N4O3. The molecule has 0 atom stereocenters. The van der Waals surface area contributed by atoms with Crippen LogP contribution in [0.3, 0.4) is 0 Å². The molecule has 2 heterocycles. The maximum absolute atomic E-state index is 12.5. The van der Waals surface area contributed by atoms with Gasteiger partial charge < -0.3 is 19.7 Å². The zero-order valence-electron chi connectivity index (χ0n) is 14.4. The molecule has 0 aliphatic carbocycles. The molecule has 7 heteroatoms. The third-order valence-electron chi connectivity index (χ3n) is 3.67. The average molecular weight is 342 g/mol. The van der Waals surface area contributed by atoms with Gasteiger partial charge in [-0.25, -0.2) is 9.97 Å². The Morgan fingerprint density at radius 3 is 2.76 bits per heavy atom. The number of carbonyl (C=O) groups is 1. The van der Waals surface area contributed by atoms with E-state index in [1.165, 1.54) is 0 Å². The number of nitrogens with one attached hydrogen (secondary N) is 1. The van der Waals surface area contributed by atoms with Gasteiger partial charge in [0.05, 0.1) is 25.0 Å². The number of rotatable bonds is 5. The maximum atomic E-state index is 12.5. The summed E-state index contributed by atoms with van der Waals surface area (Å²) < 4.78 is 11.1. The molecule has 0 unspecified atom stereocenters. The van der Waals surface area contributed by atoms with Gasteiger partial charge in [0, 0.05) is 19.3 Å². The lowest BCUT2D eigenvalue weighted by Crippen LogP contribution is -2.41.